The van der Waals surface area contributed by atoms with Crippen LogP contribution in [0, 0.1) is 0 Å². The number of hydrogen-bond donors (Lipinski definition) is 1. The third kappa shape index (κ3) is 3.31. The minimum atomic E-state index is -1.68. The summed E-state index contributed by atoms with van der Waals surface area (Å²) in [5, 5.41) is 17.5. The van der Waals surface area contributed by atoms with E-state index in [0.29, 0.717) is 31.6 Å². The summed E-state index contributed by atoms with van der Waals surface area (Å²) in [6.45, 7) is 3.88. The SMILES string of the molecule is O=Cc1ccccc1C1(C(=O)O)C=NN=C1OCCN1CCOCC1. The molecule has 0 spiro atoms. The highest BCUT2D eigenvalue weighted by Crippen LogP contribution is 2.31. The first-order chi connectivity index (χ1) is 12.2. The molecular formula is C17H19N3O5. The summed E-state index contributed by atoms with van der Waals surface area (Å²) in [7, 11) is 0. The Bertz CT molecular complexity index is 712. The highest BCUT2D eigenvalue weighted by molar-refractivity contribution is 6.24. The van der Waals surface area contributed by atoms with Gasteiger partial charge < -0.3 is 14.6 Å². The van der Waals surface area contributed by atoms with Crippen LogP contribution in [0.4, 0.5) is 0 Å². The minimum Gasteiger partial charge on any atom is -0.480 e. The number of nitrogens with zero attached hydrogens (tertiary/aromatic N) is 3. The Morgan fingerprint density at radius 2 is 2.12 bits per heavy atom. The smallest absolute Gasteiger partial charge is 0.329 e. The van der Waals surface area contributed by atoms with Gasteiger partial charge in [-0.1, -0.05) is 24.3 Å². The Hall–Kier alpha value is -2.58. The van der Waals surface area contributed by atoms with E-state index in [1.165, 1.54) is 6.21 Å². The summed E-state index contributed by atoms with van der Waals surface area (Å²) in [5.74, 6) is -1.21. The molecule has 0 aromatic heterocycles. The van der Waals surface area contributed by atoms with Crippen molar-refractivity contribution < 1.29 is 24.2 Å². The van der Waals surface area contributed by atoms with Gasteiger partial charge in [-0.05, 0) is 5.56 Å². The maximum atomic E-state index is 12.1. The predicted octanol–water partition coefficient (Wildman–Crippen LogP) is 0.568. The number of rotatable bonds is 6. The van der Waals surface area contributed by atoms with Gasteiger partial charge in [0.25, 0.3) is 0 Å². The number of hydrogen-bond acceptors (Lipinski definition) is 7. The van der Waals surface area contributed by atoms with Crippen molar-refractivity contribution in [3.63, 3.8) is 0 Å². The summed E-state index contributed by atoms with van der Waals surface area (Å²) in [6.07, 6.45) is 1.83. The zero-order valence-corrected chi connectivity index (χ0v) is 13.6. The highest BCUT2D eigenvalue weighted by atomic mass is 16.5. The molecule has 0 amide bonds. The molecular weight excluding hydrogens is 326 g/mol. The summed E-state index contributed by atoms with van der Waals surface area (Å²) >= 11 is 0. The molecule has 8 heteroatoms. The molecule has 25 heavy (non-hydrogen) atoms. The molecule has 1 N–H and O–H groups in total. The lowest BCUT2D eigenvalue weighted by Gasteiger charge is -2.28. The first-order valence-corrected chi connectivity index (χ1v) is 8.02. The Morgan fingerprint density at radius 1 is 1.36 bits per heavy atom. The van der Waals surface area contributed by atoms with Crippen molar-refractivity contribution in [3.8, 4) is 0 Å². The Kier molecular flexibility index (Phi) is 5.20. The summed E-state index contributed by atoms with van der Waals surface area (Å²) in [5.41, 5.74) is -1.12. The van der Waals surface area contributed by atoms with Crippen molar-refractivity contribution in [2.24, 2.45) is 10.2 Å². The lowest BCUT2D eigenvalue weighted by molar-refractivity contribution is -0.139. The first-order valence-electron chi connectivity index (χ1n) is 8.02. The van der Waals surface area contributed by atoms with Crippen molar-refractivity contribution in [1.82, 2.24) is 4.90 Å². The van der Waals surface area contributed by atoms with Gasteiger partial charge in [0.2, 0.25) is 11.3 Å². The number of carboxylic acids is 1. The van der Waals surface area contributed by atoms with Crippen LogP contribution in [0.15, 0.2) is 34.5 Å². The monoisotopic (exact) mass is 345 g/mol. The summed E-state index contributed by atoms with van der Waals surface area (Å²) in [4.78, 5) is 25.6. The van der Waals surface area contributed by atoms with Crippen LogP contribution in [0.25, 0.3) is 0 Å². The molecule has 2 heterocycles. The quantitative estimate of drug-likeness (QED) is 0.757. The highest BCUT2D eigenvalue weighted by Gasteiger charge is 2.50. The lowest BCUT2D eigenvalue weighted by atomic mass is 9.79. The van der Waals surface area contributed by atoms with Crippen LogP contribution in [0.1, 0.15) is 15.9 Å². The Morgan fingerprint density at radius 3 is 2.84 bits per heavy atom. The van der Waals surface area contributed by atoms with E-state index in [9.17, 15) is 14.7 Å². The molecule has 3 rings (SSSR count). The van der Waals surface area contributed by atoms with E-state index in [1.807, 2.05) is 0 Å². The van der Waals surface area contributed by atoms with Gasteiger partial charge in [0.05, 0.1) is 19.4 Å². The van der Waals surface area contributed by atoms with Gasteiger partial charge in [-0.25, -0.2) is 0 Å². The largest absolute Gasteiger partial charge is 0.480 e. The lowest BCUT2D eigenvalue weighted by Crippen LogP contribution is -2.46. The molecule has 1 fully saturated rings. The molecule has 2 aliphatic rings. The standard InChI is InChI=1S/C17H19N3O5/c21-11-13-3-1-2-4-14(13)17(16(22)23)12-18-19-15(17)25-10-7-20-5-8-24-9-6-20/h1-4,11-12H,5-10H2,(H,22,23). The normalized spacial score (nSPS) is 23.3. The van der Waals surface area contributed by atoms with Gasteiger partial charge in [-0.15, -0.1) is 5.10 Å². The van der Waals surface area contributed by atoms with Crippen molar-refractivity contribution in [1.29, 1.82) is 0 Å². The van der Waals surface area contributed by atoms with Crippen molar-refractivity contribution >= 4 is 24.4 Å². The number of carbonyl (C=O) groups is 2. The molecule has 8 nitrogen and oxygen atoms in total. The molecule has 1 aromatic rings. The van der Waals surface area contributed by atoms with E-state index in [1.54, 1.807) is 24.3 Å². The molecule has 132 valence electrons. The molecule has 1 unspecified atom stereocenters. The number of carboxylic acid groups (broad SMARTS) is 1. The van der Waals surface area contributed by atoms with Crippen LogP contribution in [-0.4, -0.2) is 73.8 Å². The summed E-state index contributed by atoms with van der Waals surface area (Å²) in [6, 6.07) is 6.48. The first kappa shape index (κ1) is 17.2. The van der Waals surface area contributed by atoms with Crippen LogP contribution in [0.3, 0.4) is 0 Å². The molecule has 0 saturated carbocycles. The average Bonchev–Trinajstić information content (AvgIpc) is 3.07. The molecule has 2 aliphatic heterocycles. The number of ether oxygens (including phenoxy) is 2. The van der Waals surface area contributed by atoms with Gasteiger partial charge in [0.1, 0.15) is 12.9 Å². The zero-order valence-electron chi connectivity index (χ0n) is 13.6. The molecule has 0 aliphatic carbocycles. The van der Waals surface area contributed by atoms with Crippen LogP contribution in [-0.2, 0) is 19.7 Å². The number of benzene rings is 1. The van der Waals surface area contributed by atoms with Crippen molar-refractivity contribution in [2.75, 3.05) is 39.5 Å². The number of morpholine rings is 1. The van der Waals surface area contributed by atoms with Crippen molar-refractivity contribution in [3.05, 3.63) is 35.4 Å². The molecule has 0 radical (unpaired) electrons. The van der Waals surface area contributed by atoms with E-state index in [-0.39, 0.29) is 18.1 Å². The van der Waals surface area contributed by atoms with Crippen molar-refractivity contribution in [2.45, 2.75) is 5.41 Å². The van der Waals surface area contributed by atoms with Crippen LogP contribution < -0.4 is 0 Å². The number of carbonyl (C=O) groups excluding carboxylic acids is 1. The van der Waals surface area contributed by atoms with Gasteiger partial charge >= 0.3 is 5.97 Å². The topological polar surface area (TPSA) is 101 Å². The third-order valence-corrected chi connectivity index (χ3v) is 4.34. The van der Waals surface area contributed by atoms with Crippen LogP contribution in [0.5, 0.6) is 0 Å². The molecule has 0 bridgehead atoms. The second-order valence-electron chi connectivity index (χ2n) is 5.77. The molecule has 1 atom stereocenters. The Balaban J connectivity index is 1.78. The van der Waals surface area contributed by atoms with Crippen LogP contribution in [0.2, 0.25) is 0 Å². The number of aldehydes is 1. The molecule has 1 aromatic carbocycles. The fraction of sp³-hybridized carbons (Fsp3) is 0.412. The second kappa shape index (κ2) is 7.54. The third-order valence-electron chi connectivity index (χ3n) is 4.34. The summed E-state index contributed by atoms with van der Waals surface area (Å²) < 4.78 is 11.0. The minimum absolute atomic E-state index is 0.0254. The number of aliphatic carboxylic acids is 1. The average molecular weight is 345 g/mol. The second-order valence-corrected chi connectivity index (χ2v) is 5.77. The van der Waals surface area contributed by atoms with E-state index in [4.69, 9.17) is 9.47 Å². The maximum Gasteiger partial charge on any atom is 0.329 e. The van der Waals surface area contributed by atoms with E-state index < -0.39 is 11.4 Å². The van der Waals surface area contributed by atoms with Gasteiger partial charge in [0, 0.05) is 25.2 Å². The fourth-order valence-electron chi connectivity index (χ4n) is 2.95. The van der Waals surface area contributed by atoms with E-state index in [0.717, 1.165) is 13.1 Å². The van der Waals surface area contributed by atoms with Crippen LogP contribution >= 0.6 is 0 Å². The maximum absolute atomic E-state index is 12.1. The predicted molar refractivity (Wildman–Crippen MR) is 90.3 cm³/mol. The van der Waals surface area contributed by atoms with Gasteiger partial charge in [-0.3, -0.25) is 14.5 Å². The zero-order chi connectivity index (χ0) is 17.7. The van der Waals surface area contributed by atoms with Gasteiger partial charge in [0.15, 0.2) is 0 Å². The Labute approximate surface area is 144 Å². The van der Waals surface area contributed by atoms with E-state index >= 15 is 0 Å². The molecule has 1 saturated heterocycles. The fourth-order valence-corrected chi connectivity index (χ4v) is 2.95. The van der Waals surface area contributed by atoms with E-state index in [2.05, 4.69) is 15.1 Å². The van der Waals surface area contributed by atoms with Gasteiger partial charge in [-0.2, -0.15) is 5.10 Å².